The highest BCUT2D eigenvalue weighted by molar-refractivity contribution is 7.15. The average Bonchev–Trinajstić information content (AvgIpc) is 3.25. The second-order valence-electron chi connectivity index (χ2n) is 5.91. The minimum Gasteiger partial charge on any atom is -0.350 e. The molecule has 1 N–H and O–H groups in total. The molecule has 0 unspecified atom stereocenters. The van der Waals surface area contributed by atoms with Crippen molar-refractivity contribution in [1.82, 2.24) is 25.3 Å². The summed E-state index contributed by atoms with van der Waals surface area (Å²) >= 11 is 1.60. The maximum Gasteiger partial charge on any atom is 0.242 e. The maximum atomic E-state index is 12.3. The lowest BCUT2D eigenvalue weighted by molar-refractivity contribution is -0.121. The van der Waals surface area contributed by atoms with Crippen molar-refractivity contribution in [3.63, 3.8) is 0 Å². The second-order valence-corrected chi connectivity index (χ2v) is 6.99. The molecule has 4 aromatic rings. The summed E-state index contributed by atoms with van der Waals surface area (Å²) in [6.45, 7) is 2.57. The molecule has 4 rings (SSSR count). The summed E-state index contributed by atoms with van der Waals surface area (Å²) < 4.78 is 1.61. The smallest absolute Gasteiger partial charge is 0.242 e. The van der Waals surface area contributed by atoms with Gasteiger partial charge in [-0.1, -0.05) is 47.7 Å². The molecule has 1 amide bonds. The number of para-hydroxylation sites is 1. The Hall–Kier alpha value is -3.06. The molecule has 6 nitrogen and oxygen atoms in total. The van der Waals surface area contributed by atoms with Crippen molar-refractivity contribution in [3.05, 3.63) is 65.2 Å². The van der Waals surface area contributed by atoms with Gasteiger partial charge in [0.05, 0.1) is 17.8 Å². The Morgan fingerprint density at radius 3 is 2.73 bits per heavy atom. The van der Waals surface area contributed by atoms with Crippen LogP contribution in [-0.2, 0) is 17.9 Å². The van der Waals surface area contributed by atoms with Crippen LogP contribution in [-0.4, -0.2) is 25.9 Å². The highest BCUT2D eigenvalue weighted by atomic mass is 32.1. The fraction of sp³-hybridized carbons (Fsp3) is 0.158. The highest BCUT2D eigenvalue weighted by Gasteiger charge is 2.12. The van der Waals surface area contributed by atoms with Crippen molar-refractivity contribution < 1.29 is 4.79 Å². The van der Waals surface area contributed by atoms with Crippen LogP contribution in [0.15, 0.2) is 54.6 Å². The Morgan fingerprint density at radius 2 is 1.88 bits per heavy atom. The molecule has 0 aliphatic carbocycles. The first-order chi connectivity index (χ1) is 12.7. The molecule has 0 aliphatic rings. The van der Waals surface area contributed by atoms with Crippen molar-refractivity contribution in [2.75, 3.05) is 0 Å². The van der Waals surface area contributed by atoms with Gasteiger partial charge >= 0.3 is 0 Å². The van der Waals surface area contributed by atoms with E-state index in [9.17, 15) is 4.79 Å². The third-order valence-electron chi connectivity index (χ3n) is 4.07. The van der Waals surface area contributed by atoms with Crippen LogP contribution in [0.25, 0.3) is 21.6 Å². The summed E-state index contributed by atoms with van der Waals surface area (Å²) in [5.41, 5.74) is 3.67. The van der Waals surface area contributed by atoms with E-state index < -0.39 is 0 Å². The van der Waals surface area contributed by atoms with Crippen LogP contribution in [0.4, 0.5) is 0 Å². The number of benzene rings is 2. The second kappa shape index (κ2) is 7.05. The monoisotopic (exact) mass is 363 g/mol. The van der Waals surface area contributed by atoms with E-state index in [2.05, 4.69) is 20.6 Å². The standard InChI is InChI=1S/C19H17N5OS/c1-13-17(26-19(21-13)14-7-3-2-4-8-14)11-20-18(25)12-24-16-10-6-5-9-15(16)22-23-24/h2-10H,11-12H2,1H3,(H,20,25). The maximum absolute atomic E-state index is 12.3. The lowest BCUT2D eigenvalue weighted by atomic mass is 10.2. The molecule has 0 bridgehead atoms. The number of hydrogen-bond acceptors (Lipinski definition) is 5. The molecule has 7 heteroatoms. The Kier molecular flexibility index (Phi) is 4.45. The van der Waals surface area contributed by atoms with Gasteiger partial charge in [-0.05, 0) is 19.1 Å². The molecule has 0 radical (unpaired) electrons. The van der Waals surface area contributed by atoms with Crippen molar-refractivity contribution in [2.45, 2.75) is 20.0 Å². The van der Waals surface area contributed by atoms with Gasteiger partial charge in [-0.25, -0.2) is 9.67 Å². The number of aromatic nitrogens is 4. The fourth-order valence-corrected chi connectivity index (χ4v) is 3.71. The van der Waals surface area contributed by atoms with Crippen LogP contribution >= 0.6 is 11.3 Å². The lowest BCUT2D eigenvalue weighted by Crippen LogP contribution is -2.27. The molecule has 0 spiro atoms. The van der Waals surface area contributed by atoms with Crippen LogP contribution in [0.5, 0.6) is 0 Å². The minimum atomic E-state index is -0.102. The molecule has 0 saturated heterocycles. The van der Waals surface area contributed by atoms with Gasteiger partial charge in [0, 0.05) is 10.4 Å². The summed E-state index contributed by atoms with van der Waals surface area (Å²) in [6.07, 6.45) is 0. The third-order valence-corrected chi connectivity index (χ3v) is 5.28. The topological polar surface area (TPSA) is 72.7 Å². The number of thiazole rings is 1. The van der Waals surface area contributed by atoms with Gasteiger partial charge in [0.15, 0.2) is 0 Å². The van der Waals surface area contributed by atoms with Crippen molar-refractivity contribution in [2.24, 2.45) is 0 Å². The molecular weight excluding hydrogens is 346 g/mol. The fourth-order valence-electron chi connectivity index (χ4n) is 2.70. The van der Waals surface area contributed by atoms with Crippen LogP contribution in [0.1, 0.15) is 10.6 Å². The molecule has 0 aliphatic heterocycles. The summed E-state index contributed by atoms with van der Waals surface area (Å²) in [4.78, 5) is 18.0. The van der Waals surface area contributed by atoms with Gasteiger partial charge in [0.1, 0.15) is 17.1 Å². The summed E-state index contributed by atoms with van der Waals surface area (Å²) in [6, 6.07) is 17.6. The SMILES string of the molecule is Cc1nc(-c2ccccc2)sc1CNC(=O)Cn1nnc2ccccc21. The first-order valence-electron chi connectivity index (χ1n) is 8.27. The summed E-state index contributed by atoms with van der Waals surface area (Å²) in [5, 5.41) is 12.0. The van der Waals surface area contributed by atoms with Crippen LogP contribution in [0, 0.1) is 6.92 Å². The molecule has 0 atom stereocenters. The van der Waals surface area contributed by atoms with E-state index in [0.29, 0.717) is 6.54 Å². The number of rotatable bonds is 5. The predicted molar refractivity (Wildman–Crippen MR) is 102 cm³/mol. The quantitative estimate of drug-likeness (QED) is 0.591. The Labute approximate surface area is 154 Å². The van der Waals surface area contributed by atoms with Gasteiger partial charge in [0.2, 0.25) is 5.91 Å². The first-order valence-corrected chi connectivity index (χ1v) is 9.09. The predicted octanol–water partition coefficient (Wildman–Crippen LogP) is 3.18. The Balaban J connectivity index is 1.42. The number of hydrogen-bond donors (Lipinski definition) is 1. The minimum absolute atomic E-state index is 0.102. The van der Waals surface area contributed by atoms with Gasteiger partial charge in [0.25, 0.3) is 0 Å². The zero-order chi connectivity index (χ0) is 17.9. The largest absolute Gasteiger partial charge is 0.350 e. The highest BCUT2D eigenvalue weighted by Crippen LogP contribution is 2.27. The molecule has 0 saturated carbocycles. The lowest BCUT2D eigenvalue weighted by Gasteiger charge is -2.04. The van der Waals surface area contributed by atoms with Crippen LogP contribution in [0.2, 0.25) is 0 Å². The molecule has 2 aromatic carbocycles. The number of fused-ring (bicyclic) bond motifs is 1. The van der Waals surface area contributed by atoms with Gasteiger partial charge in [-0.15, -0.1) is 16.4 Å². The zero-order valence-electron chi connectivity index (χ0n) is 14.2. The van der Waals surface area contributed by atoms with Gasteiger partial charge in [-0.2, -0.15) is 0 Å². The summed E-state index contributed by atoms with van der Waals surface area (Å²) in [5.74, 6) is -0.102. The van der Waals surface area contributed by atoms with E-state index in [4.69, 9.17) is 0 Å². The number of carbonyl (C=O) groups excluding carboxylic acids is 1. The van der Waals surface area contributed by atoms with Gasteiger partial charge in [-0.3, -0.25) is 4.79 Å². The van der Waals surface area contributed by atoms with E-state index in [0.717, 1.165) is 32.2 Å². The molecular formula is C19H17N5OS. The van der Waals surface area contributed by atoms with Crippen LogP contribution < -0.4 is 5.32 Å². The first kappa shape index (κ1) is 16.4. The molecule has 130 valence electrons. The van der Waals surface area contributed by atoms with E-state index in [1.165, 1.54) is 0 Å². The summed E-state index contributed by atoms with van der Waals surface area (Å²) in [7, 11) is 0. The van der Waals surface area contributed by atoms with E-state index in [1.54, 1.807) is 16.0 Å². The molecule has 2 aromatic heterocycles. The van der Waals surface area contributed by atoms with E-state index in [1.807, 2.05) is 61.5 Å². The molecule has 26 heavy (non-hydrogen) atoms. The van der Waals surface area contributed by atoms with Crippen molar-refractivity contribution >= 4 is 28.3 Å². The average molecular weight is 363 g/mol. The number of amides is 1. The Morgan fingerprint density at radius 1 is 1.12 bits per heavy atom. The number of nitrogens with zero attached hydrogens (tertiary/aromatic N) is 4. The molecule has 0 fully saturated rings. The number of aryl methyl sites for hydroxylation is 1. The normalized spacial score (nSPS) is 11.0. The third kappa shape index (κ3) is 3.34. The number of carbonyl (C=O) groups is 1. The van der Waals surface area contributed by atoms with Crippen molar-refractivity contribution in [3.8, 4) is 10.6 Å². The van der Waals surface area contributed by atoms with Gasteiger partial charge < -0.3 is 5.32 Å². The molecule has 2 heterocycles. The van der Waals surface area contributed by atoms with Crippen molar-refractivity contribution in [1.29, 1.82) is 0 Å². The Bertz CT molecular complexity index is 1050. The van der Waals surface area contributed by atoms with Crippen LogP contribution in [0.3, 0.4) is 0 Å². The number of nitrogens with one attached hydrogen (secondary N) is 1. The zero-order valence-corrected chi connectivity index (χ0v) is 15.0. The van der Waals surface area contributed by atoms with E-state index >= 15 is 0 Å². The van der Waals surface area contributed by atoms with E-state index in [-0.39, 0.29) is 12.5 Å².